The van der Waals surface area contributed by atoms with Gasteiger partial charge in [0, 0.05) is 6.61 Å². The minimum Gasteiger partial charge on any atom is -0.382 e. The fraction of sp³-hybridized carbons (Fsp3) is 0.659. The molecule has 3 heterocycles. The Morgan fingerprint density at radius 1 is 0.982 bits per heavy atom. The predicted octanol–water partition coefficient (Wildman–Crippen LogP) is 9.43. The number of aromatic nitrogens is 3. The first kappa shape index (κ1) is 45.2. The van der Waals surface area contributed by atoms with Crippen LogP contribution in [0.25, 0.3) is 5.52 Å². The van der Waals surface area contributed by atoms with E-state index in [-0.39, 0.29) is 31.8 Å². The molecule has 0 amide bonds. The van der Waals surface area contributed by atoms with Gasteiger partial charge in [0.15, 0.2) is 11.4 Å². The van der Waals surface area contributed by atoms with Crippen molar-refractivity contribution >= 4 is 19.2 Å². The number of nitrogens with zero attached hydrogens (tertiary/aromatic N) is 5. The molecule has 0 radical (unpaired) electrons. The van der Waals surface area contributed by atoms with Gasteiger partial charge in [-0.2, -0.15) is 15.6 Å². The molecule has 0 bridgehead atoms. The molecule has 1 aliphatic heterocycles. The standard InChI is InChI=1S/C41H60FN6O7P/c1-2-3-4-5-6-7-8-9-10-11-12-13-14-15-16-17-22-51-28-36(52-27-34-23-33(26-43)24-35(42)25-34)29-53-56(49,50)54-31-41(30-44)21-20-39(55-41)37-18-19-38-40(45)46-32-47-48(37)38/h18-19,23-25,32,36,39H,2-17,20-22,27-29,31H2,1H3,(H,49,50)(H2,45,46,47)/t36-,39+,41+/m0/s1. The number of phosphoric ester groups is 1. The summed E-state index contributed by atoms with van der Waals surface area (Å²) in [5, 5.41) is 23.5. The van der Waals surface area contributed by atoms with Crippen LogP contribution in [0.2, 0.25) is 0 Å². The van der Waals surface area contributed by atoms with Crippen LogP contribution >= 0.6 is 7.82 Å². The molecule has 15 heteroatoms. The van der Waals surface area contributed by atoms with Crippen LogP contribution in [-0.4, -0.2) is 57.6 Å². The van der Waals surface area contributed by atoms with Crippen molar-refractivity contribution in [2.24, 2.45) is 0 Å². The van der Waals surface area contributed by atoms with Gasteiger partial charge < -0.3 is 24.8 Å². The van der Waals surface area contributed by atoms with Gasteiger partial charge in [-0.15, -0.1) is 0 Å². The first-order valence-corrected chi connectivity index (χ1v) is 21.8. The van der Waals surface area contributed by atoms with E-state index in [1.165, 1.54) is 102 Å². The van der Waals surface area contributed by atoms with Crippen molar-refractivity contribution in [3.8, 4) is 12.1 Å². The van der Waals surface area contributed by atoms with E-state index in [0.29, 0.717) is 35.6 Å². The van der Waals surface area contributed by atoms with Crippen molar-refractivity contribution in [3.63, 3.8) is 0 Å². The fourth-order valence-electron chi connectivity index (χ4n) is 6.92. The molecule has 4 rings (SSSR count). The lowest BCUT2D eigenvalue weighted by Crippen LogP contribution is -2.32. The number of nitrogen functional groups attached to an aromatic ring is 1. The predicted molar refractivity (Wildman–Crippen MR) is 211 cm³/mol. The van der Waals surface area contributed by atoms with Gasteiger partial charge >= 0.3 is 7.82 Å². The van der Waals surface area contributed by atoms with E-state index in [1.54, 1.807) is 16.6 Å². The number of nitriles is 2. The van der Waals surface area contributed by atoms with Crippen molar-refractivity contribution in [2.75, 3.05) is 32.2 Å². The summed E-state index contributed by atoms with van der Waals surface area (Å²) < 4.78 is 57.1. The summed E-state index contributed by atoms with van der Waals surface area (Å²) in [5.41, 5.74) is 6.27. The summed E-state index contributed by atoms with van der Waals surface area (Å²) in [7, 11) is -4.69. The topological polar surface area (TPSA) is 187 Å². The van der Waals surface area contributed by atoms with E-state index >= 15 is 0 Å². The van der Waals surface area contributed by atoms with Gasteiger partial charge in [-0.3, -0.25) is 9.05 Å². The Morgan fingerprint density at radius 2 is 1.64 bits per heavy atom. The van der Waals surface area contributed by atoms with Gasteiger partial charge in [-0.25, -0.2) is 18.5 Å². The molecule has 56 heavy (non-hydrogen) atoms. The minimum absolute atomic E-state index is 0.0471. The highest BCUT2D eigenvalue weighted by Gasteiger charge is 2.44. The average molecular weight is 799 g/mol. The molecule has 1 fully saturated rings. The van der Waals surface area contributed by atoms with Crippen LogP contribution in [0.3, 0.4) is 0 Å². The lowest BCUT2D eigenvalue weighted by Gasteiger charge is -2.24. The molecule has 1 saturated heterocycles. The summed E-state index contributed by atoms with van der Waals surface area (Å²) in [5.74, 6) is -0.276. The summed E-state index contributed by atoms with van der Waals surface area (Å²) in [6, 6.07) is 11.4. The normalized spacial score (nSPS) is 18.5. The maximum Gasteiger partial charge on any atom is 0.472 e. The van der Waals surface area contributed by atoms with Gasteiger partial charge in [-0.05, 0) is 55.2 Å². The summed E-state index contributed by atoms with van der Waals surface area (Å²) in [4.78, 5) is 14.6. The third-order valence-electron chi connectivity index (χ3n) is 10.1. The van der Waals surface area contributed by atoms with Crippen LogP contribution in [0.1, 0.15) is 145 Å². The lowest BCUT2D eigenvalue weighted by atomic mass is 10.0. The Labute approximate surface area is 331 Å². The van der Waals surface area contributed by atoms with Crippen LogP contribution in [0.15, 0.2) is 36.7 Å². The van der Waals surface area contributed by atoms with Gasteiger partial charge in [0.05, 0.1) is 37.1 Å². The van der Waals surface area contributed by atoms with Gasteiger partial charge in [-0.1, -0.05) is 103 Å². The van der Waals surface area contributed by atoms with Crippen LogP contribution in [-0.2, 0) is 34.4 Å². The van der Waals surface area contributed by atoms with E-state index in [2.05, 4.69) is 23.1 Å². The molecule has 0 spiro atoms. The summed E-state index contributed by atoms with van der Waals surface area (Å²) >= 11 is 0. The molecular weight excluding hydrogens is 738 g/mol. The number of nitrogens with two attached hydrogens (primary N) is 1. The van der Waals surface area contributed by atoms with Crippen molar-refractivity contribution < 1.29 is 37.1 Å². The monoisotopic (exact) mass is 798 g/mol. The van der Waals surface area contributed by atoms with E-state index in [9.17, 15) is 24.4 Å². The van der Waals surface area contributed by atoms with Crippen LogP contribution < -0.4 is 5.73 Å². The highest BCUT2D eigenvalue weighted by Crippen LogP contribution is 2.47. The Balaban J connectivity index is 1.17. The zero-order valence-corrected chi connectivity index (χ0v) is 33.8. The molecule has 0 saturated carbocycles. The Bertz CT molecular complexity index is 1750. The SMILES string of the molecule is CCCCCCCCCCCCCCCCCCOC[C@@H](COP(=O)(O)OC[C@]1(C#N)CC[C@H](c2ccc3c(N)ncnn23)O1)OCc1cc(F)cc(C#N)c1. The van der Waals surface area contributed by atoms with Crippen molar-refractivity contribution in [1.82, 2.24) is 14.6 Å². The van der Waals surface area contributed by atoms with Crippen molar-refractivity contribution in [2.45, 2.75) is 147 Å². The van der Waals surface area contributed by atoms with Gasteiger partial charge in [0.2, 0.25) is 0 Å². The number of phosphoric acid groups is 1. The number of anilines is 1. The number of hydrogen-bond acceptors (Lipinski definition) is 11. The molecule has 2 aromatic heterocycles. The summed E-state index contributed by atoms with van der Waals surface area (Å²) in [6.45, 7) is 1.79. The number of benzene rings is 1. The number of ether oxygens (including phenoxy) is 3. The van der Waals surface area contributed by atoms with Crippen LogP contribution in [0.5, 0.6) is 0 Å². The number of fused-ring (bicyclic) bond motifs is 1. The quantitative estimate of drug-likeness (QED) is 0.0501. The average Bonchev–Trinajstić information content (AvgIpc) is 3.83. The first-order chi connectivity index (χ1) is 27.2. The molecule has 3 aromatic rings. The van der Waals surface area contributed by atoms with Crippen LogP contribution in [0, 0.1) is 28.5 Å². The molecule has 0 aliphatic carbocycles. The second-order valence-electron chi connectivity index (χ2n) is 14.8. The van der Waals surface area contributed by atoms with E-state index in [0.717, 1.165) is 25.3 Å². The molecule has 1 unspecified atom stereocenters. The Kier molecular flexibility index (Phi) is 19.7. The van der Waals surface area contributed by atoms with Crippen LogP contribution in [0.4, 0.5) is 10.2 Å². The molecule has 4 atom stereocenters. The number of halogens is 1. The van der Waals surface area contributed by atoms with Crippen molar-refractivity contribution in [3.05, 3.63) is 59.3 Å². The number of hydrogen-bond donors (Lipinski definition) is 2. The molecule has 1 aliphatic rings. The van der Waals surface area contributed by atoms with E-state index < -0.39 is 38.1 Å². The molecule has 3 N–H and O–H groups in total. The molecule has 1 aromatic carbocycles. The lowest BCUT2D eigenvalue weighted by molar-refractivity contribution is -0.0590. The maximum atomic E-state index is 14.1. The van der Waals surface area contributed by atoms with Gasteiger partial charge in [0.1, 0.15) is 42.5 Å². The van der Waals surface area contributed by atoms with Crippen molar-refractivity contribution in [1.29, 1.82) is 10.5 Å². The Morgan fingerprint density at radius 3 is 2.29 bits per heavy atom. The molecule has 13 nitrogen and oxygen atoms in total. The first-order valence-electron chi connectivity index (χ1n) is 20.4. The second kappa shape index (κ2) is 24.3. The number of rotatable bonds is 29. The zero-order chi connectivity index (χ0) is 40.1. The third-order valence-corrected chi connectivity index (χ3v) is 11.1. The smallest absolute Gasteiger partial charge is 0.382 e. The second-order valence-corrected chi connectivity index (χ2v) is 16.2. The van der Waals surface area contributed by atoms with Gasteiger partial charge in [0.25, 0.3) is 0 Å². The zero-order valence-electron chi connectivity index (χ0n) is 32.9. The summed E-state index contributed by atoms with van der Waals surface area (Å²) in [6.07, 6.45) is 21.0. The van der Waals surface area contributed by atoms with E-state index in [1.807, 2.05) is 6.07 Å². The highest BCUT2D eigenvalue weighted by atomic mass is 31.2. The fourth-order valence-corrected chi connectivity index (χ4v) is 7.73. The number of unbranched alkanes of at least 4 members (excludes halogenated alkanes) is 15. The molecule has 308 valence electrons. The third kappa shape index (κ3) is 15.5. The largest absolute Gasteiger partial charge is 0.472 e. The maximum absolute atomic E-state index is 14.1. The minimum atomic E-state index is -4.69. The Hall–Kier alpha value is -3.46. The highest BCUT2D eigenvalue weighted by molar-refractivity contribution is 7.47. The van der Waals surface area contributed by atoms with E-state index in [4.69, 9.17) is 29.0 Å². The molecular formula is C41H60FN6O7P.